The number of amides is 2. The van der Waals surface area contributed by atoms with E-state index in [1.165, 1.54) is 10.9 Å². The molecule has 0 fully saturated rings. The molecule has 2 amide bonds. The highest BCUT2D eigenvalue weighted by Crippen LogP contribution is 2.17. The molecule has 0 bridgehead atoms. The normalized spacial score (nSPS) is 10.6. The molecule has 0 saturated carbocycles. The second-order valence-corrected chi connectivity index (χ2v) is 5.34. The van der Waals surface area contributed by atoms with Crippen molar-refractivity contribution in [1.82, 2.24) is 15.6 Å². The van der Waals surface area contributed by atoms with Crippen molar-refractivity contribution >= 4 is 22.7 Å². The largest absolute Gasteiger partial charge is 0.361 e. The third kappa shape index (κ3) is 4.62. The van der Waals surface area contributed by atoms with Gasteiger partial charge in [-0.05, 0) is 24.5 Å². The Balaban J connectivity index is 1.70. The van der Waals surface area contributed by atoms with E-state index in [0.29, 0.717) is 13.0 Å². The lowest BCUT2D eigenvalue weighted by Crippen LogP contribution is -2.37. The number of hydrogen-bond acceptors (Lipinski definition) is 2. The molecule has 2 rings (SSSR count). The van der Waals surface area contributed by atoms with Crippen LogP contribution in [0.4, 0.5) is 0 Å². The van der Waals surface area contributed by atoms with Crippen LogP contribution in [-0.2, 0) is 16.0 Å². The molecule has 0 saturated heterocycles. The van der Waals surface area contributed by atoms with Gasteiger partial charge in [0.15, 0.2) is 0 Å². The van der Waals surface area contributed by atoms with E-state index in [1.807, 2.05) is 31.3 Å². The van der Waals surface area contributed by atoms with E-state index in [0.717, 1.165) is 24.8 Å². The predicted octanol–water partition coefficient (Wildman–Crippen LogP) is 2.13. The average Bonchev–Trinajstić information content (AvgIpc) is 2.94. The van der Waals surface area contributed by atoms with Gasteiger partial charge < -0.3 is 15.6 Å². The molecular weight excluding hydrogens is 278 g/mol. The zero-order chi connectivity index (χ0) is 15.8. The number of benzene rings is 1. The highest BCUT2D eigenvalue weighted by molar-refractivity contribution is 5.85. The van der Waals surface area contributed by atoms with Gasteiger partial charge in [-0.3, -0.25) is 9.59 Å². The fraction of sp³-hybridized carbons (Fsp3) is 0.412. The van der Waals surface area contributed by atoms with Gasteiger partial charge in [0, 0.05) is 30.1 Å². The number of rotatable bonds is 8. The summed E-state index contributed by atoms with van der Waals surface area (Å²) in [5.41, 5.74) is 2.29. The van der Waals surface area contributed by atoms with E-state index in [4.69, 9.17) is 0 Å². The third-order valence-electron chi connectivity index (χ3n) is 3.59. The lowest BCUT2D eigenvalue weighted by Gasteiger charge is -2.06. The van der Waals surface area contributed by atoms with Gasteiger partial charge in [0.05, 0.1) is 6.54 Å². The first-order chi connectivity index (χ1) is 10.7. The fourth-order valence-corrected chi connectivity index (χ4v) is 2.34. The Morgan fingerprint density at radius 2 is 1.95 bits per heavy atom. The molecule has 1 aromatic carbocycles. The minimum atomic E-state index is -0.148. The van der Waals surface area contributed by atoms with Gasteiger partial charge in [-0.2, -0.15) is 0 Å². The summed E-state index contributed by atoms with van der Waals surface area (Å²) in [5.74, 6) is -0.210. The molecule has 0 spiro atoms. The molecule has 0 aliphatic carbocycles. The van der Waals surface area contributed by atoms with E-state index < -0.39 is 0 Å². The standard InChI is InChI=1S/C17H23N3O2/c1-2-3-8-16(21)20-12-17(22)18-10-9-13-11-19-15-7-5-4-6-14(13)15/h4-7,11,19H,2-3,8-10,12H2,1H3,(H,18,22)(H,20,21). The molecule has 1 aromatic heterocycles. The Labute approximate surface area is 130 Å². The van der Waals surface area contributed by atoms with Crippen molar-refractivity contribution in [2.45, 2.75) is 32.6 Å². The number of nitrogens with one attached hydrogen (secondary N) is 3. The number of carbonyl (C=O) groups excluding carboxylic acids is 2. The maximum atomic E-state index is 11.7. The molecule has 0 atom stereocenters. The number of aromatic nitrogens is 1. The first-order valence-corrected chi connectivity index (χ1v) is 7.79. The second-order valence-electron chi connectivity index (χ2n) is 5.34. The number of H-pyrrole nitrogens is 1. The van der Waals surface area contributed by atoms with Crippen LogP contribution in [0.15, 0.2) is 30.5 Å². The molecule has 0 aliphatic rings. The van der Waals surface area contributed by atoms with Crippen molar-refractivity contribution in [2.24, 2.45) is 0 Å². The SMILES string of the molecule is CCCCC(=O)NCC(=O)NCCc1c[nH]c2ccccc12. The van der Waals surface area contributed by atoms with Crippen molar-refractivity contribution in [3.05, 3.63) is 36.0 Å². The number of para-hydroxylation sites is 1. The van der Waals surface area contributed by atoms with Gasteiger partial charge in [-0.15, -0.1) is 0 Å². The van der Waals surface area contributed by atoms with E-state index in [9.17, 15) is 9.59 Å². The summed E-state index contributed by atoms with van der Waals surface area (Å²) in [6.07, 6.45) is 5.06. The van der Waals surface area contributed by atoms with Gasteiger partial charge in [-0.25, -0.2) is 0 Å². The lowest BCUT2D eigenvalue weighted by atomic mass is 10.1. The Kier molecular flexibility index (Phi) is 6.01. The first-order valence-electron chi connectivity index (χ1n) is 7.79. The van der Waals surface area contributed by atoms with Crippen molar-refractivity contribution in [2.75, 3.05) is 13.1 Å². The number of hydrogen-bond donors (Lipinski definition) is 3. The van der Waals surface area contributed by atoms with Gasteiger partial charge in [0.25, 0.3) is 0 Å². The van der Waals surface area contributed by atoms with Crippen LogP contribution in [0.2, 0.25) is 0 Å². The molecule has 3 N–H and O–H groups in total. The van der Waals surface area contributed by atoms with Crippen LogP contribution in [0.3, 0.4) is 0 Å². The summed E-state index contributed by atoms with van der Waals surface area (Å²) in [6.45, 7) is 2.65. The highest BCUT2D eigenvalue weighted by atomic mass is 16.2. The molecule has 0 radical (unpaired) electrons. The Hall–Kier alpha value is -2.30. The van der Waals surface area contributed by atoms with Crippen LogP contribution in [0.25, 0.3) is 10.9 Å². The molecule has 5 heteroatoms. The van der Waals surface area contributed by atoms with Gasteiger partial charge >= 0.3 is 0 Å². The van der Waals surface area contributed by atoms with Crippen molar-refractivity contribution in [3.8, 4) is 0 Å². The maximum Gasteiger partial charge on any atom is 0.239 e. The van der Waals surface area contributed by atoms with Crippen molar-refractivity contribution < 1.29 is 9.59 Å². The lowest BCUT2D eigenvalue weighted by molar-refractivity contribution is -0.126. The first kappa shape index (κ1) is 16.1. The summed E-state index contributed by atoms with van der Waals surface area (Å²) in [7, 11) is 0. The van der Waals surface area contributed by atoms with E-state index in [2.05, 4.69) is 21.7 Å². The van der Waals surface area contributed by atoms with E-state index in [1.54, 1.807) is 0 Å². The van der Waals surface area contributed by atoms with Gasteiger partial charge in [0.1, 0.15) is 0 Å². The zero-order valence-corrected chi connectivity index (χ0v) is 12.9. The van der Waals surface area contributed by atoms with Crippen LogP contribution < -0.4 is 10.6 Å². The van der Waals surface area contributed by atoms with E-state index in [-0.39, 0.29) is 18.4 Å². The summed E-state index contributed by atoms with van der Waals surface area (Å²) in [4.78, 5) is 26.3. The summed E-state index contributed by atoms with van der Waals surface area (Å²) in [5, 5.41) is 6.65. The smallest absolute Gasteiger partial charge is 0.239 e. The van der Waals surface area contributed by atoms with E-state index >= 15 is 0 Å². The number of unbranched alkanes of at least 4 members (excludes halogenated alkanes) is 1. The minimum absolute atomic E-state index is 0.0520. The van der Waals surface area contributed by atoms with Crippen molar-refractivity contribution in [3.63, 3.8) is 0 Å². The van der Waals surface area contributed by atoms with Gasteiger partial charge in [-0.1, -0.05) is 31.5 Å². The Bertz CT molecular complexity index is 634. The number of fused-ring (bicyclic) bond motifs is 1. The second kappa shape index (κ2) is 8.22. The number of aromatic amines is 1. The molecule has 0 unspecified atom stereocenters. The Morgan fingerprint density at radius 3 is 2.77 bits per heavy atom. The average molecular weight is 301 g/mol. The van der Waals surface area contributed by atoms with Crippen LogP contribution in [0.5, 0.6) is 0 Å². The van der Waals surface area contributed by atoms with Crippen LogP contribution in [0.1, 0.15) is 31.7 Å². The highest BCUT2D eigenvalue weighted by Gasteiger charge is 2.06. The molecule has 22 heavy (non-hydrogen) atoms. The molecule has 5 nitrogen and oxygen atoms in total. The predicted molar refractivity (Wildman–Crippen MR) is 87.5 cm³/mol. The van der Waals surface area contributed by atoms with Crippen molar-refractivity contribution in [1.29, 1.82) is 0 Å². The minimum Gasteiger partial charge on any atom is -0.361 e. The summed E-state index contributed by atoms with van der Waals surface area (Å²) in [6, 6.07) is 8.09. The third-order valence-corrected chi connectivity index (χ3v) is 3.59. The number of carbonyl (C=O) groups is 2. The monoisotopic (exact) mass is 301 g/mol. The van der Waals surface area contributed by atoms with Crippen LogP contribution >= 0.6 is 0 Å². The topological polar surface area (TPSA) is 74.0 Å². The zero-order valence-electron chi connectivity index (χ0n) is 12.9. The summed E-state index contributed by atoms with van der Waals surface area (Å²) >= 11 is 0. The molecule has 1 heterocycles. The van der Waals surface area contributed by atoms with Crippen LogP contribution in [0, 0.1) is 0 Å². The quantitative estimate of drug-likeness (QED) is 0.699. The van der Waals surface area contributed by atoms with Crippen LogP contribution in [-0.4, -0.2) is 29.9 Å². The van der Waals surface area contributed by atoms with Gasteiger partial charge in [0.2, 0.25) is 11.8 Å². The molecule has 0 aliphatic heterocycles. The molecular formula is C17H23N3O2. The molecule has 118 valence electrons. The summed E-state index contributed by atoms with van der Waals surface area (Å²) < 4.78 is 0. The fourth-order valence-electron chi connectivity index (χ4n) is 2.34. The Morgan fingerprint density at radius 1 is 1.14 bits per heavy atom. The molecule has 2 aromatic rings. The maximum absolute atomic E-state index is 11.7.